The van der Waals surface area contributed by atoms with Crippen LogP contribution in [0.3, 0.4) is 0 Å². The van der Waals surface area contributed by atoms with Crippen molar-refractivity contribution >= 4 is 28.6 Å². The molecule has 1 amide bonds. The van der Waals surface area contributed by atoms with Crippen LogP contribution < -0.4 is 4.31 Å². The van der Waals surface area contributed by atoms with Crippen LogP contribution in [0, 0.1) is 6.92 Å². The van der Waals surface area contributed by atoms with Gasteiger partial charge in [0.1, 0.15) is 11.8 Å². The van der Waals surface area contributed by atoms with E-state index in [1.54, 1.807) is 36.6 Å². The molecule has 1 aromatic heterocycles. The summed E-state index contributed by atoms with van der Waals surface area (Å²) >= 11 is -2.09. The lowest BCUT2D eigenvalue weighted by Crippen LogP contribution is -2.26. The van der Waals surface area contributed by atoms with Crippen molar-refractivity contribution in [3.8, 4) is 0 Å². The first-order chi connectivity index (χ1) is 14.4. The molecule has 2 unspecified atom stereocenters. The first kappa shape index (κ1) is 20.1. The molecule has 154 valence electrons. The van der Waals surface area contributed by atoms with Crippen LogP contribution >= 0.6 is 0 Å². The Morgan fingerprint density at radius 2 is 1.87 bits per heavy atom. The highest BCUT2D eigenvalue weighted by molar-refractivity contribution is 7.80. The molecule has 3 aromatic rings. The lowest BCUT2D eigenvalue weighted by Gasteiger charge is -2.20. The Bertz CT molecular complexity index is 1090. The zero-order valence-electron chi connectivity index (χ0n) is 16.6. The Kier molecular flexibility index (Phi) is 5.52. The first-order valence-electron chi connectivity index (χ1n) is 9.40. The number of furan rings is 1. The number of anilines is 1. The molecule has 0 bridgehead atoms. The zero-order valence-corrected chi connectivity index (χ0v) is 17.4. The van der Waals surface area contributed by atoms with Crippen molar-refractivity contribution in [1.29, 1.82) is 0 Å². The van der Waals surface area contributed by atoms with E-state index in [1.165, 1.54) is 16.4 Å². The summed E-state index contributed by atoms with van der Waals surface area (Å²) in [7, 11) is 1.53. The van der Waals surface area contributed by atoms with Crippen molar-refractivity contribution < 1.29 is 18.0 Å². The number of nitrogens with zero attached hydrogens (tertiary/aromatic N) is 3. The highest BCUT2D eigenvalue weighted by Gasteiger charge is 2.35. The first-order valence-corrected chi connectivity index (χ1v) is 10.5. The molecule has 2 aromatic carbocycles. The van der Waals surface area contributed by atoms with Gasteiger partial charge in [0.15, 0.2) is 0 Å². The Labute approximate surface area is 177 Å². The molecule has 30 heavy (non-hydrogen) atoms. The second-order valence-corrected chi connectivity index (χ2v) is 8.08. The number of hydrogen-bond donors (Lipinski definition) is 1. The molecule has 2 heterocycles. The normalized spacial score (nSPS) is 17.0. The van der Waals surface area contributed by atoms with E-state index in [9.17, 15) is 13.6 Å². The summed E-state index contributed by atoms with van der Waals surface area (Å²) in [4.78, 5) is 13.2. The standard InChI is InChI=1S/C22H21N3O4S/c1-15-5-7-17(8-6-15)22(26)25-20(21-4-3-13-29-21)14-19(23-25)16-9-11-18(12-10-16)24(2)30(27)28/h3-13,20H,14H2,1-2H3,(H,27,28). The predicted molar refractivity (Wildman–Crippen MR) is 116 cm³/mol. The molecule has 0 radical (unpaired) electrons. The van der Waals surface area contributed by atoms with E-state index in [0.717, 1.165) is 16.8 Å². The quantitative estimate of drug-likeness (QED) is 0.625. The van der Waals surface area contributed by atoms with Crippen molar-refractivity contribution in [2.75, 3.05) is 11.4 Å². The Morgan fingerprint density at radius 3 is 2.47 bits per heavy atom. The van der Waals surface area contributed by atoms with Gasteiger partial charge in [0.25, 0.3) is 17.2 Å². The highest BCUT2D eigenvalue weighted by atomic mass is 32.2. The average molecular weight is 423 g/mol. The minimum absolute atomic E-state index is 0.196. The predicted octanol–water partition coefficient (Wildman–Crippen LogP) is 4.15. The van der Waals surface area contributed by atoms with E-state index in [1.807, 2.05) is 37.3 Å². The van der Waals surface area contributed by atoms with Gasteiger partial charge in [0.2, 0.25) is 0 Å². The van der Waals surface area contributed by atoms with E-state index < -0.39 is 11.3 Å². The van der Waals surface area contributed by atoms with E-state index in [4.69, 9.17) is 4.42 Å². The molecular formula is C22H21N3O4S. The van der Waals surface area contributed by atoms with Gasteiger partial charge in [-0.1, -0.05) is 29.8 Å². The molecule has 0 fully saturated rings. The average Bonchev–Trinajstić information content (AvgIpc) is 3.43. The molecule has 0 saturated heterocycles. The number of carbonyl (C=O) groups is 1. The number of aryl methyl sites for hydroxylation is 1. The third kappa shape index (κ3) is 3.92. The molecule has 1 N–H and O–H groups in total. The van der Waals surface area contributed by atoms with E-state index in [-0.39, 0.29) is 11.9 Å². The lowest BCUT2D eigenvalue weighted by atomic mass is 10.0. The number of hydrogen-bond acceptors (Lipinski definition) is 4. The fourth-order valence-corrected chi connectivity index (χ4v) is 3.66. The number of rotatable bonds is 5. The maximum atomic E-state index is 13.2. The van der Waals surface area contributed by atoms with Crippen molar-refractivity contribution in [3.05, 3.63) is 89.4 Å². The van der Waals surface area contributed by atoms with Gasteiger partial charge in [0, 0.05) is 19.0 Å². The fraction of sp³-hybridized carbons (Fsp3) is 0.182. The molecular weight excluding hydrogens is 402 g/mol. The summed E-state index contributed by atoms with van der Waals surface area (Å²) in [6.45, 7) is 1.97. The Hall–Kier alpha value is -3.23. The van der Waals surface area contributed by atoms with Crippen molar-refractivity contribution in [1.82, 2.24) is 5.01 Å². The van der Waals surface area contributed by atoms with E-state index in [2.05, 4.69) is 5.10 Å². The molecule has 0 spiro atoms. The number of carbonyl (C=O) groups excluding carboxylic acids is 1. The van der Waals surface area contributed by atoms with Crippen molar-refractivity contribution in [3.63, 3.8) is 0 Å². The fourth-order valence-electron chi connectivity index (χ4n) is 3.36. The maximum Gasteiger partial charge on any atom is 0.274 e. The molecule has 0 aliphatic carbocycles. The molecule has 2 atom stereocenters. The molecule has 8 heteroatoms. The lowest BCUT2D eigenvalue weighted by molar-refractivity contribution is 0.0693. The van der Waals surface area contributed by atoms with Gasteiger partial charge in [0.05, 0.1) is 17.7 Å². The maximum absolute atomic E-state index is 13.2. The Morgan fingerprint density at radius 1 is 1.17 bits per heavy atom. The van der Waals surface area contributed by atoms with Gasteiger partial charge in [-0.25, -0.2) is 9.22 Å². The largest absolute Gasteiger partial charge is 0.467 e. The molecule has 0 saturated carbocycles. The van der Waals surface area contributed by atoms with Crippen molar-refractivity contribution in [2.45, 2.75) is 19.4 Å². The summed E-state index contributed by atoms with van der Waals surface area (Å²) in [5, 5.41) is 6.10. The summed E-state index contributed by atoms with van der Waals surface area (Å²) in [6, 6.07) is 17.8. The van der Waals surface area contributed by atoms with Crippen LogP contribution in [0.25, 0.3) is 0 Å². The van der Waals surface area contributed by atoms with Crippen LogP contribution in [0.4, 0.5) is 5.69 Å². The second-order valence-electron chi connectivity index (χ2n) is 7.07. The summed E-state index contributed by atoms with van der Waals surface area (Å²) in [5.41, 5.74) is 3.83. The minimum Gasteiger partial charge on any atom is -0.467 e. The van der Waals surface area contributed by atoms with Crippen LogP contribution in [0.2, 0.25) is 0 Å². The third-order valence-corrected chi connectivity index (χ3v) is 5.77. The second kappa shape index (κ2) is 8.25. The molecule has 7 nitrogen and oxygen atoms in total. The highest BCUT2D eigenvalue weighted by Crippen LogP contribution is 2.34. The van der Waals surface area contributed by atoms with Gasteiger partial charge < -0.3 is 4.42 Å². The topological polar surface area (TPSA) is 86.4 Å². The Balaban J connectivity index is 1.65. The van der Waals surface area contributed by atoms with Gasteiger partial charge in [-0.05, 0) is 48.9 Å². The van der Waals surface area contributed by atoms with Crippen LogP contribution in [-0.2, 0) is 11.3 Å². The number of hydrazone groups is 1. The summed E-state index contributed by atoms with van der Waals surface area (Å²) in [6.07, 6.45) is 2.09. The minimum atomic E-state index is -2.09. The van der Waals surface area contributed by atoms with Crippen LogP contribution in [0.15, 0.2) is 76.4 Å². The summed E-state index contributed by atoms with van der Waals surface area (Å²) < 4.78 is 27.3. The van der Waals surface area contributed by atoms with Crippen LogP contribution in [0.5, 0.6) is 0 Å². The van der Waals surface area contributed by atoms with Gasteiger partial charge in [-0.2, -0.15) is 5.10 Å². The van der Waals surface area contributed by atoms with Crippen molar-refractivity contribution in [2.24, 2.45) is 5.10 Å². The third-order valence-electron chi connectivity index (χ3n) is 5.09. The van der Waals surface area contributed by atoms with Crippen LogP contribution in [-0.4, -0.2) is 32.4 Å². The molecule has 1 aliphatic rings. The molecule has 1 aliphatic heterocycles. The van der Waals surface area contributed by atoms with Gasteiger partial charge in [-0.3, -0.25) is 13.7 Å². The number of benzene rings is 2. The zero-order chi connectivity index (χ0) is 21.3. The molecule has 4 rings (SSSR count). The van der Waals surface area contributed by atoms with Gasteiger partial charge in [-0.15, -0.1) is 0 Å². The monoisotopic (exact) mass is 423 g/mol. The van der Waals surface area contributed by atoms with E-state index >= 15 is 0 Å². The van der Waals surface area contributed by atoms with E-state index in [0.29, 0.717) is 23.4 Å². The smallest absolute Gasteiger partial charge is 0.274 e. The summed E-state index contributed by atoms with van der Waals surface area (Å²) in [5.74, 6) is 0.472. The van der Waals surface area contributed by atoms with Crippen LogP contribution in [0.1, 0.15) is 39.7 Å². The SMILES string of the molecule is Cc1ccc(C(=O)N2N=C(c3ccc(N(C)S(=O)O)cc3)CC2c2ccco2)cc1. The number of amides is 1. The van der Waals surface area contributed by atoms with Gasteiger partial charge >= 0.3 is 0 Å².